The van der Waals surface area contributed by atoms with Gasteiger partial charge < -0.3 is 0 Å². The van der Waals surface area contributed by atoms with Crippen LogP contribution in [0.25, 0.3) is 0 Å². The second kappa shape index (κ2) is 3.03. The van der Waals surface area contributed by atoms with Gasteiger partial charge in [0.25, 0.3) is 0 Å². The molecule has 1 saturated heterocycles. The van der Waals surface area contributed by atoms with Gasteiger partial charge >= 0.3 is 0 Å². The molecular weight excluding hydrogens is 178 g/mol. The molecule has 0 bridgehead atoms. The molecule has 2 aliphatic heterocycles. The highest BCUT2D eigenvalue weighted by atomic mass is 32.2. The van der Waals surface area contributed by atoms with E-state index in [1.807, 2.05) is 0 Å². The van der Waals surface area contributed by atoms with Crippen LogP contribution in [0.15, 0.2) is 24.3 Å². The molecule has 68 valence electrons. The lowest BCUT2D eigenvalue weighted by atomic mass is 10.00. The second-order valence-corrected chi connectivity index (χ2v) is 4.90. The van der Waals surface area contributed by atoms with E-state index in [0.717, 1.165) is 0 Å². The van der Waals surface area contributed by atoms with Crippen LogP contribution in [-0.4, -0.2) is 23.7 Å². The van der Waals surface area contributed by atoms with Gasteiger partial charge in [-0.25, -0.2) is 0 Å². The Bertz CT molecular complexity index is 324. The van der Waals surface area contributed by atoms with Gasteiger partial charge in [-0.15, -0.1) is 11.8 Å². The first-order valence-corrected chi connectivity index (χ1v) is 5.93. The molecule has 1 aromatic rings. The molecule has 13 heavy (non-hydrogen) atoms. The number of benzene rings is 1. The average molecular weight is 191 g/mol. The Balaban J connectivity index is 2.06. The van der Waals surface area contributed by atoms with Gasteiger partial charge in [0.2, 0.25) is 0 Å². The van der Waals surface area contributed by atoms with Crippen molar-refractivity contribution in [3.05, 3.63) is 35.4 Å². The van der Waals surface area contributed by atoms with Crippen LogP contribution in [0.4, 0.5) is 0 Å². The molecular formula is C11H13NS. The highest BCUT2D eigenvalue weighted by Crippen LogP contribution is 2.41. The van der Waals surface area contributed by atoms with Gasteiger partial charge in [0.15, 0.2) is 0 Å². The smallest absolute Gasteiger partial charge is 0.0817 e. The van der Waals surface area contributed by atoms with Crippen LogP contribution in [0.2, 0.25) is 0 Å². The van der Waals surface area contributed by atoms with E-state index >= 15 is 0 Å². The molecule has 1 unspecified atom stereocenters. The third-order valence-electron chi connectivity index (χ3n) is 2.98. The number of hydrogen-bond donors (Lipinski definition) is 0. The van der Waals surface area contributed by atoms with Crippen molar-refractivity contribution in [2.75, 3.05) is 18.8 Å². The van der Waals surface area contributed by atoms with Crippen molar-refractivity contribution in [1.82, 2.24) is 4.90 Å². The van der Waals surface area contributed by atoms with E-state index in [2.05, 4.69) is 40.9 Å². The maximum Gasteiger partial charge on any atom is 0.0817 e. The lowest BCUT2D eigenvalue weighted by molar-refractivity contribution is 0.278. The van der Waals surface area contributed by atoms with Crippen molar-refractivity contribution < 1.29 is 0 Å². The zero-order valence-electron chi connectivity index (χ0n) is 7.57. The maximum atomic E-state index is 2.60. The molecule has 3 rings (SSSR count). The Morgan fingerprint density at radius 2 is 2.15 bits per heavy atom. The topological polar surface area (TPSA) is 3.24 Å². The molecule has 0 spiro atoms. The van der Waals surface area contributed by atoms with Gasteiger partial charge in [0.1, 0.15) is 0 Å². The monoisotopic (exact) mass is 191 g/mol. The molecule has 0 saturated carbocycles. The number of thioether (sulfide) groups is 1. The Labute approximate surface area is 83.1 Å². The van der Waals surface area contributed by atoms with Crippen LogP contribution in [0.3, 0.4) is 0 Å². The van der Waals surface area contributed by atoms with Crippen molar-refractivity contribution >= 4 is 11.8 Å². The summed E-state index contributed by atoms with van der Waals surface area (Å²) >= 11 is 2.09. The largest absolute Gasteiger partial charge is 0.287 e. The molecule has 2 heteroatoms. The summed E-state index contributed by atoms with van der Waals surface area (Å²) in [5, 5.41) is 0.671. The van der Waals surface area contributed by atoms with E-state index in [1.165, 1.54) is 25.3 Å². The Morgan fingerprint density at radius 3 is 3.15 bits per heavy atom. The van der Waals surface area contributed by atoms with Crippen molar-refractivity contribution in [3.63, 3.8) is 0 Å². The molecule has 2 heterocycles. The van der Waals surface area contributed by atoms with E-state index in [9.17, 15) is 0 Å². The van der Waals surface area contributed by atoms with Crippen LogP contribution >= 0.6 is 11.8 Å². The highest BCUT2D eigenvalue weighted by Gasteiger charge is 2.30. The van der Waals surface area contributed by atoms with Gasteiger partial charge in [-0.05, 0) is 17.5 Å². The van der Waals surface area contributed by atoms with Gasteiger partial charge in [-0.1, -0.05) is 24.3 Å². The minimum atomic E-state index is 0.671. The van der Waals surface area contributed by atoms with Crippen LogP contribution in [0, 0.1) is 0 Å². The highest BCUT2D eigenvalue weighted by molar-refractivity contribution is 7.99. The molecule has 1 fully saturated rings. The van der Waals surface area contributed by atoms with Gasteiger partial charge in [-0.2, -0.15) is 0 Å². The van der Waals surface area contributed by atoms with E-state index < -0.39 is 0 Å². The predicted octanol–water partition coefficient (Wildman–Crippen LogP) is 2.29. The normalized spacial score (nSPS) is 26.9. The SMILES string of the molecule is c1ccc2c(c1)CCN1CCSC21. The maximum absolute atomic E-state index is 2.60. The summed E-state index contributed by atoms with van der Waals surface area (Å²) in [7, 11) is 0. The molecule has 0 radical (unpaired) electrons. The van der Waals surface area contributed by atoms with E-state index in [0.29, 0.717) is 5.37 Å². The predicted molar refractivity (Wildman–Crippen MR) is 56.9 cm³/mol. The quantitative estimate of drug-likeness (QED) is 0.619. The zero-order valence-corrected chi connectivity index (χ0v) is 8.39. The van der Waals surface area contributed by atoms with Crippen molar-refractivity contribution in [2.24, 2.45) is 0 Å². The van der Waals surface area contributed by atoms with Crippen LogP contribution in [-0.2, 0) is 6.42 Å². The lowest BCUT2D eigenvalue weighted by Gasteiger charge is -2.30. The Kier molecular flexibility index (Phi) is 1.84. The third kappa shape index (κ3) is 1.20. The lowest BCUT2D eigenvalue weighted by Crippen LogP contribution is -2.30. The van der Waals surface area contributed by atoms with Gasteiger partial charge in [-0.3, -0.25) is 4.90 Å². The first-order valence-electron chi connectivity index (χ1n) is 4.88. The van der Waals surface area contributed by atoms with Crippen LogP contribution < -0.4 is 0 Å². The van der Waals surface area contributed by atoms with E-state index in [1.54, 1.807) is 11.1 Å². The summed E-state index contributed by atoms with van der Waals surface area (Å²) in [6.45, 7) is 2.54. The third-order valence-corrected chi connectivity index (χ3v) is 4.26. The number of rotatable bonds is 0. The average Bonchev–Trinajstić information content (AvgIpc) is 2.65. The molecule has 0 aromatic heterocycles. The first-order chi connectivity index (χ1) is 6.45. The Morgan fingerprint density at radius 1 is 1.23 bits per heavy atom. The fraction of sp³-hybridized carbons (Fsp3) is 0.455. The summed E-state index contributed by atoms with van der Waals surface area (Å²) in [6.07, 6.45) is 1.24. The second-order valence-electron chi connectivity index (χ2n) is 3.71. The fourth-order valence-electron chi connectivity index (χ4n) is 2.29. The van der Waals surface area contributed by atoms with Crippen molar-refractivity contribution in [3.8, 4) is 0 Å². The van der Waals surface area contributed by atoms with E-state index in [4.69, 9.17) is 0 Å². The number of fused-ring (bicyclic) bond motifs is 3. The molecule has 2 aliphatic rings. The summed E-state index contributed by atoms with van der Waals surface area (Å²) < 4.78 is 0. The van der Waals surface area contributed by atoms with Gasteiger partial charge in [0.05, 0.1) is 5.37 Å². The van der Waals surface area contributed by atoms with Crippen molar-refractivity contribution in [1.29, 1.82) is 0 Å². The fourth-order valence-corrected chi connectivity index (χ4v) is 3.68. The first kappa shape index (κ1) is 7.89. The van der Waals surface area contributed by atoms with E-state index in [-0.39, 0.29) is 0 Å². The molecule has 0 aliphatic carbocycles. The molecule has 1 aromatic carbocycles. The Hall–Kier alpha value is -0.470. The van der Waals surface area contributed by atoms with Gasteiger partial charge in [0, 0.05) is 18.8 Å². The van der Waals surface area contributed by atoms with Crippen LogP contribution in [0.5, 0.6) is 0 Å². The zero-order chi connectivity index (χ0) is 8.67. The number of hydrogen-bond acceptors (Lipinski definition) is 2. The summed E-state index contributed by atoms with van der Waals surface area (Å²) in [4.78, 5) is 2.60. The molecule has 1 atom stereocenters. The standard InChI is InChI=1S/C11H13NS/c1-2-4-10-9(3-1)5-6-12-7-8-13-11(10)12/h1-4,11H,5-8H2. The molecule has 1 nitrogen and oxygen atoms in total. The molecule has 0 N–H and O–H groups in total. The molecule has 0 amide bonds. The number of nitrogens with zero attached hydrogens (tertiary/aromatic N) is 1. The minimum absolute atomic E-state index is 0.671. The van der Waals surface area contributed by atoms with Crippen molar-refractivity contribution in [2.45, 2.75) is 11.8 Å². The summed E-state index contributed by atoms with van der Waals surface area (Å²) in [5.41, 5.74) is 3.13. The van der Waals surface area contributed by atoms with Crippen LogP contribution in [0.1, 0.15) is 16.5 Å². The summed E-state index contributed by atoms with van der Waals surface area (Å²) in [5.74, 6) is 1.30. The minimum Gasteiger partial charge on any atom is -0.287 e. The summed E-state index contributed by atoms with van der Waals surface area (Å²) in [6, 6.07) is 8.91.